The highest BCUT2D eigenvalue weighted by Gasteiger charge is 2.52. The number of aromatic nitrogens is 2. The van der Waals surface area contributed by atoms with Crippen LogP contribution in [-0.4, -0.2) is 77.4 Å². The summed E-state index contributed by atoms with van der Waals surface area (Å²) < 4.78 is 29.0. The van der Waals surface area contributed by atoms with Crippen LogP contribution in [0.4, 0.5) is 0 Å². The molecule has 11 nitrogen and oxygen atoms in total. The van der Waals surface area contributed by atoms with Gasteiger partial charge in [0.05, 0.1) is 6.61 Å². The van der Waals surface area contributed by atoms with Gasteiger partial charge in [0.15, 0.2) is 24.6 Å². The molecule has 0 unspecified atom stereocenters. The molecule has 5 aromatic rings. The Morgan fingerprint density at radius 2 is 1.29 bits per heavy atom. The molecule has 6 rings (SSSR count). The number of aliphatic hydroxyl groups is 1. The molecule has 11 heteroatoms. The first kappa shape index (κ1) is 30.1. The van der Waals surface area contributed by atoms with Crippen molar-refractivity contribution >= 4 is 39.7 Å². The molecule has 1 fully saturated rings. The minimum atomic E-state index is -1.41. The maximum Gasteiger partial charge on any atom is 0.355 e. The molecule has 0 spiro atoms. The number of aryl methyl sites for hydroxylation is 1. The van der Waals surface area contributed by atoms with Gasteiger partial charge in [-0.3, -0.25) is 4.79 Å². The minimum absolute atomic E-state index is 0.00850. The summed E-state index contributed by atoms with van der Waals surface area (Å²) in [7, 11) is 1.33. The van der Waals surface area contributed by atoms with Crippen LogP contribution in [-0.2, 0) is 34.9 Å². The zero-order valence-electron chi connectivity index (χ0n) is 24.4. The lowest BCUT2D eigenvalue weighted by Gasteiger charge is -2.43. The Morgan fingerprint density at radius 3 is 1.84 bits per heavy atom. The zero-order valence-corrected chi connectivity index (χ0v) is 24.4. The predicted octanol–water partition coefficient (Wildman–Crippen LogP) is 4.31. The first-order chi connectivity index (χ1) is 21.9. The van der Waals surface area contributed by atoms with Crippen LogP contribution in [0.5, 0.6) is 0 Å². The van der Waals surface area contributed by atoms with Gasteiger partial charge in [-0.05, 0) is 36.2 Å². The molecule has 232 valence electrons. The number of esters is 3. The van der Waals surface area contributed by atoms with Gasteiger partial charge in [-0.2, -0.15) is 0 Å². The van der Waals surface area contributed by atoms with Crippen molar-refractivity contribution in [2.45, 2.75) is 43.5 Å². The van der Waals surface area contributed by atoms with E-state index in [1.54, 1.807) is 12.1 Å². The van der Waals surface area contributed by atoms with Gasteiger partial charge in [0.1, 0.15) is 17.5 Å². The summed E-state index contributed by atoms with van der Waals surface area (Å²) in [4.78, 5) is 46.1. The fourth-order valence-corrected chi connectivity index (χ4v) is 5.46. The summed E-state index contributed by atoms with van der Waals surface area (Å²) in [6.45, 7) is -0.598. The summed E-state index contributed by atoms with van der Waals surface area (Å²) in [5.74, 6) is -2.18. The van der Waals surface area contributed by atoms with E-state index in [1.165, 1.54) is 7.11 Å². The maximum absolute atomic E-state index is 13.5. The molecule has 1 aliphatic heterocycles. The molecule has 5 atom stereocenters. The summed E-state index contributed by atoms with van der Waals surface area (Å²) in [6.07, 6.45) is -6.14. The van der Waals surface area contributed by atoms with E-state index in [1.807, 2.05) is 78.9 Å². The van der Waals surface area contributed by atoms with Crippen LogP contribution in [0.2, 0.25) is 0 Å². The molecule has 45 heavy (non-hydrogen) atoms. The molecule has 1 aliphatic rings. The number of para-hydroxylation sites is 2. The van der Waals surface area contributed by atoms with Gasteiger partial charge in [-0.1, -0.05) is 66.7 Å². The second-order valence-corrected chi connectivity index (χ2v) is 10.7. The SMILES string of the molecule is CO[C@H]1O[C@H](CO)[C@@H](OC(=O)CCc2ccccc2)[C@H](OC(=O)c2cc3ccccc3[nH]2)[C@H]1OC(=O)c1cc2ccccc2[nH]1. The molecule has 1 saturated heterocycles. The van der Waals surface area contributed by atoms with E-state index in [2.05, 4.69) is 9.97 Å². The molecule has 0 saturated carbocycles. The lowest BCUT2D eigenvalue weighted by atomic mass is 9.98. The largest absolute Gasteiger partial charge is 0.455 e. The maximum atomic E-state index is 13.5. The lowest BCUT2D eigenvalue weighted by molar-refractivity contribution is -0.295. The summed E-state index contributed by atoms with van der Waals surface area (Å²) in [5.41, 5.74) is 2.64. The normalized spacial score (nSPS) is 21.4. The average Bonchev–Trinajstić information content (AvgIpc) is 3.71. The summed E-state index contributed by atoms with van der Waals surface area (Å²) >= 11 is 0. The Labute approximate surface area is 258 Å². The van der Waals surface area contributed by atoms with E-state index in [-0.39, 0.29) is 17.8 Å². The van der Waals surface area contributed by atoms with Gasteiger partial charge in [0.2, 0.25) is 0 Å². The van der Waals surface area contributed by atoms with Crippen molar-refractivity contribution in [3.05, 3.63) is 108 Å². The Morgan fingerprint density at radius 1 is 0.733 bits per heavy atom. The molecule has 0 aliphatic carbocycles. The third-order valence-corrected chi connectivity index (χ3v) is 7.72. The van der Waals surface area contributed by atoms with E-state index in [9.17, 15) is 19.5 Å². The number of H-pyrrole nitrogens is 2. The number of benzene rings is 3. The van der Waals surface area contributed by atoms with Crippen LogP contribution in [0.3, 0.4) is 0 Å². The first-order valence-electron chi connectivity index (χ1n) is 14.5. The van der Waals surface area contributed by atoms with Crippen LogP contribution < -0.4 is 0 Å². The van der Waals surface area contributed by atoms with Gasteiger partial charge in [-0.15, -0.1) is 0 Å². The van der Waals surface area contributed by atoms with E-state index in [4.69, 9.17) is 23.7 Å². The second kappa shape index (κ2) is 13.3. The van der Waals surface area contributed by atoms with E-state index in [0.717, 1.165) is 21.9 Å². The Hall–Kier alpha value is -4.97. The van der Waals surface area contributed by atoms with E-state index >= 15 is 0 Å². The van der Waals surface area contributed by atoms with Gasteiger partial charge in [0, 0.05) is 35.3 Å². The van der Waals surface area contributed by atoms with Gasteiger partial charge in [0.25, 0.3) is 0 Å². The van der Waals surface area contributed by atoms with E-state index in [0.29, 0.717) is 11.9 Å². The molecule has 0 radical (unpaired) electrons. The van der Waals surface area contributed by atoms with Crippen molar-refractivity contribution in [1.29, 1.82) is 0 Å². The molecule has 3 N–H and O–H groups in total. The minimum Gasteiger partial charge on any atom is -0.455 e. The average molecular weight is 613 g/mol. The number of fused-ring (bicyclic) bond motifs is 2. The quantitative estimate of drug-likeness (QED) is 0.155. The van der Waals surface area contributed by atoms with Crippen LogP contribution in [0.15, 0.2) is 91.0 Å². The van der Waals surface area contributed by atoms with Crippen LogP contribution in [0.25, 0.3) is 21.8 Å². The van der Waals surface area contributed by atoms with Crippen LogP contribution in [0.1, 0.15) is 33.0 Å². The molecule has 3 heterocycles. The number of carbonyl (C=O) groups excluding carboxylic acids is 3. The zero-order chi connectivity index (χ0) is 31.3. The highest BCUT2D eigenvalue weighted by Crippen LogP contribution is 2.31. The molecule has 3 aromatic carbocycles. The van der Waals surface area contributed by atoms with Crippen molar-refractivity contribution in [3.8, 4) is 0 Å². The smallest absolute Gasteiger partial charge is 0.355 e. The number of aromatic amines is 2. The lowest BCUT2D eigenvalue weighted by Crippen LogP contribution is -2.62. The third kappa shape index (κ3) is 6.60. The Bertz CT molecular complexity index is 1730. The van der Waals surface area contributed by atoms with Gasteiger partial charge < -0.3 is 38.8 Å². The number of nitrogens with one attached hydrogen (secondary N) is 2. The third-order valence-electron chi connectivity index (χ3n) is 7.72. The van der Waals surface area contributed by atoms with Crippen molar-refractivity contribution in [1.82, 2.24) is 9.97 Å². The number of rotatable bonds is 10. The fraction of sp³-hybridized carbons (Fsp3) is 0.265. The first-order valence-corrected chi connectivity index (χ1v) is 14.5. The molecule has 2 aromatic heterocycles. The highest BCUT2D eigenvalue weighted by atomic mass is 16.7. The molecular formula is C34H32N2O9. The number of ether oxygens (including phenoxy) is 5. The molecule has 0 amide bonds. The predicted molar refractivity (Wildman–Crippen MR) is 162 cm³/mol. The number of hydrogen-bond donors (Lipinski definition) is 3. The van der Waals surface area contributed by atoms with Crippen LogP contribution in [0, 0.1) is 0 Å². The van der Waals surface area contributed by atoms with E-state index < -0.39 is 55.2 Å². The van der Waals surface area contributed by atoms with Crippen molar-refractivity contribution in [2.75, 3.05) is 13.7 Å². The number of carbonyl (C=O) groups is 3. The molecular weight excluding hydrogens is 580 g/mol. The van der Waals surface area contributed by atoms with Crippen molar-refractivity contribution < 1.29 is 43.2 Å². The molecule has 0 bridgehead atoms. The van der Waals surface area contributed by atoms with Crippen molar-refractivity contribution in [2.24, 2.45) is 0 Å². The Kier molecular flexibility index (Phi) is 8.92. The van der Waals surface area contributed by atoms with Gasteiger partial charge in [-0.25, -0.2) is 9.59 Å². The summed E-state index contributed by atoms with van der Waals surface area (Å²) in [5, 5.41) is 11.8. The number of aliphatic hydroxyl groups excluding tert-OH is 1. The topological polar surface area (TPSA) is 149 Å². The van der Waals surface area contributed by atoms with Crippen molar-refractivity contribution in [3.63, 3.8) is 0 Å². The highest BCUT2D eigenvalue weighted by molar-refractivity contribution is 5.96. The standard InChI is InChI=1S/C34H32N2O9/c1-41-34-31(45-33(40)26-18-22-12-6-8-14-24(22)36-26)30(44-32(39)25-17-21-11-5-7-13-23(21)35-25)29(27(19-37)42-34)43-28(38)16-15-20-9-3-2-4-10-20/h2-14,17-18,27,29-31,34-37H,15-16,19H2,1H3/t27-,29-,30+,31-,34+/m1/s1. The summed E-state index contributed by atoms with van der Waals surface area (Å²) in [6, 6.07) is 27.3. The number of hydrogen-bond acceptors (Lipinski definition) is 9. The van der Waals surface area contributed by atoms with Gasteiger partial charge >= 0.3 is 17.9 Å². The van der Waals surface area contributed by atoms with Crippen LogP contribution >= 0.6 is 0 Å². The Balaban J connectivity index is 1.30. The second-order valence-electron chi connectivity index (χ2n) is 10.7. The number of methoxy groups -OCH3 is 1. The monoisotopic (exact) mass is 612 g/mol. The fourth-order valence-electron chi connectivity index (χ4n) is 5.46.